The quantitative estimate of drug-likeness (QED) is 0.230. The van der Waals surface area contributed by atoms with Crippen molar-refractivity contribution in [2.45, 2.75) is 90.9 Å². The van der Waals surface area contributed by atoms with E-state index in [2.05, 4.69) is 13.8 Å². The maximum Gasteiger partial charge on any atom is 0.201 e. The van der Waals surface area contributed by atoms with E-state index in [4.69, 9.17) is 0 Å². The molecule has 0 aliphatic heterocycles. The largest absolute Gasteiger partial charge is 0.344 e. The Morgan fingerprint density at radius 1 is 0.500 bits per heavy atom. The van der Waals surface area contributed by atoms with Crippen molar-refractivity contribution in [1.29, 1.82) is 0 Å². The van der Waals surface area contributed by atoms with Gasteiger partial charge in [0.05, 0.1) is 0 Å². The van der Waals surface area contributed by atoms with Crippen LogP contribution in [0.5, 0.6) is 0 Å². The molecular weight excluding hydrogens is 342 g/mol. The molecule has 0 aliphatic rings. The second kappa shape index (κ2) is 14.5. The average Bonchev–Trinajstić information content (AvgIpc) is 2.52. The van der Waals surface area contributed by atoms with E-state index in [0.29, 0.717) is 12.3 Å². The fraction of sp³-hybridized carbons (Fsp3) is 1.00. The first-order valence-electron chi connectivity index (χ1n) is 9.94. The summed E-state index contributed by atoms with van der Waals surface area (Å²) in [7, 11) is -6.46. The van der Waals surface area contributed by atoms with Gasteiger partial charge in [-0.2, -0.15) is 0 Å². The lowest BCUT2D eigenvalue weighted by Gasteiger charge is -2.15. The summed E-state index contributed by atoms with van der Waals surface area (Å²) in [5.74, 6) is 0. The van der Waals surface area contributed by atoms with Crippen molar-refractivity contribution in [2.75, 3.05) is 24.6 Å². The predicted molar refractivity (Wildman–Crippen MR) is 106 cm³/mol. The minimum absolute atomic E-state index is 0.00553. The van der Waals surface area contributed by atoms with Gasteiger partial charge < -0.3 is 9.79 Å². The van der Waals surface area contributed by atoms with Gasteiger partial charge in [-0.25, -0.2) is 0 Å². The third-order valence-corrected chi connectivity index (χ3v) is 8.75. The Bertz CT molecular complexity index is 349. The van der Waals surface area contributed by atoms with Crippen molar-refractivity contribution in [3.05, 3.63) is 0 Å². The van der Waals surface area contributed by atoms with E-state index in [-0.39, 0.29) is 12.3 Å². The van der Waals surface area contributed by atoms with Crippen LogP contribution in [0.2, 0.25) is 0 Å². The zero-order chi connectivity index (χ0) is 18.3. The van der Waals surface area contributed by atoms with Crippen molar-refractivity contribution in [1.82, 2.24) is 0 Å². The molecule has 2 N–H and O–H groups in total. The molecule has 6 heteroatoms. The van der Waals surface area contributed by atoms with Crippen LogP contribution in [0.25, 0.3) is 0 Å². The van der Waals surface area contributed by atoms with Gasteiger partial charge in [0.1, 0.15) is 0 Å². The lowest BCUT2D eigenvalue weighted by atomic mass is 10.1. The minimum atomic E-state index is -3.23. The summed E-state index contributed by atoms with van der Waals surface area (Å²) < 4.78 is 24.2. The summed E-state index contributed by atoms with van der Waals surface area (Å²) in [6.07, 6.45) is 13.6. The Balaban J connectivity index is 3.81. The second-order valence-corrected chi connectivity index (χ2v) is 12.3. The highest BCUT2D eigenvalue weighted by Gasteiger charge is 2.25. The molecule has 0 fully saturated rings. The molecule has 2 unspecified atom stereocenters. The highest BCUT2D eigenvalue weighted by atomic mass is 31.2. The molecule has 146 valence electrons. The Hall–Kier alpha value is 0.380. The van der Waals surface area contributed by atoms with Crippen LogP contribution in [0.1, 0.15) is 90.9 Å². The van der Waals surface area contributed by atoms with Gasteiger partial charge in [-0.3, -0.25) is 9.13 Å². The molecule has 0 amide bonds. The molecule has 0 saturated heterocycles. The summed E-state index contributed by atoms with van der Waals surface area (Å²) >= 11 is 0. The van der Waals surface area contributed by atoms with E-state index < -0.39 is 14.7 Å². The molecule has 0 aliphatic carbocycles. The summed E-state index contributed by atoms with van der Waals surface area (Å²) in [4.78, 5) is 19.9. The molecule has 0 aromatic heterocycles. The van der Waals surface area contributed by atoms with Gasteiger partial charge in [0.2, 0.25) is 14.7 Å². The standard InChI is InChI=1S/C18H40O4P2/c1-3-5-7-9-11-13-15-23(19,20)17-18-24(21,22)16-14-12-10-8-6-4-2/h3-18H2,1-2H3,(H,19,20)(H,21,22). The topological polar surface area (TPSA) is 74.6 Å². The lowest BCUT2D eigenvalue weighted by Crippen LogP contribution is -2.03. The molecule has 0 aromatic carbocycles. The number of hydrogen-bond donors (Lipinski definition) is 2. The van der Waals surface area contributed by atoms with Crippen LogP contribution in [-0.4, -0.2) is 34.4 Å². The van der Waals surface area contributed by atoms with Gasteiger partial charge in [-0.1, -0.05) is 78.1 Å². The average molecular weight is 382 g/mol. The molecule has 0 rings (SSSR count). The minimum Gasteiger partial charge on any atom is -0.344 e. The number of hydrogen-bond acceptors (Lipinski definition) is 2. The van der Waals surface area contributed by atoms with Gasteiger partial charge in [0, 0.05) is 24.6 Å². The van der Waals surface area contributed by atoms with E-state index in [9.17, 15) is 18.9 Å². The summed E-state index contributed by atoms with van der Waals surface area (Å²) in [6, 6.07) is 0. The Morgan fingerprint density at radius 2 is 0.792 bits per heavy atom. The molecule has 2 atom stereocenters. The van der Waals surface area contributed by atoms with Crippen LogP contribution in [0.4, 0.5) is 0 Å². The monoisotopic (exact) mass is 382 g/mol. The van der Waals surface area contributed by atoms with Crippen molar-refractivity contribution in [3.63, 3.8) is 0 Å². The number of unbranched alkanes of at least 4 members (excludes halogenated alkanes) is 10. The van der Waals surface area contributed by atoms with Crippen LogP contribution < -0.4 is 0 Å². The molecule has 0 radical (unpaired) electrons. The predicted octanol–water partition coefficient (Wildman–Crippen LogP) is 6.25. The first-order chi connectivity index (χ1) is 11.3. The highest BCUT2D eigenvalue weighted by molar-refractivity contribution is 7.62. The zero-order valence-electron chi connectivity index (χ0n) is 15.9. The first-order valence-corrected chi connectivity index (χ1v) is 14.0. The van der Waals surface area contributed by atoms with Crippen LogP contribution >= 0.6 is 14.7 Å². The summed E-state index contributed by atoms with van der Waals surface area (Å²) in [5, 5.41) is 0. The van der Waals surface area contributed by atoms with E-state index in [1.54, 1.807) is 0 Å². The van der Waals surface area contributed by atoms with Gasteiger partial charge in [0.15, 0.2) is 0 Å². The maximum absolute atomic E-state index is 12.1. The molecule has 0 spiro atoms. The van der Waals surface area contributed by atoms with Crippen molar-refractivity contribution in [2.24, 2.45) is 0 Å². The molecule has 4 nitrogen and oxygen atoms in total. The Morgan fingerprint density at radius 3 is 1.12 bits per heavy atom. The van der Waals surface area contributed by atoms with E-state index in [1.807, 2.05) is 0 Å². The van der Waals surface area contributed by atoms with E-state index in [1.165, 1.54) is 38.5 Å². The van der Waals surface area contributed by atoms with Gasteiger partial charge in [0.25, 0.3) is 0 Å². The maximum atomic E-state index is 12.1. The van der Waals surface area contributed by atoms with Crippen LogP contribution in [-0.2, 0) is 9.13 Å². The van der Waals surface area contributed by atoms with Crippen LogP contribution in [0, 0.1) is 0 Å². The van der Waals surface area contributed by atoms with Crippen molar-refractivity contribution < 1.29 is 18.9 Å². The smallest absolute Gasteiger partial charge is 0.201 e. The number of rotatable bonds is 17. The molecule has 0 aromatic rings. The summed E-state index contributed by atoms with van der Waals surface area (Å²) in [6.45, 7) is 4.33. The van der Waals surface area contributed by atoms with E-state index >= 15 is 0 Å². The third-order valence-electron chi connectivity index (χ3n) is 4.52. The SMILES string of the molecule is CCCCCCCCP(=O)(O)CCP(=O)(O)CCCCCCCC. The fourth-order valence-corrected chi connectivity index (χ4v) is 7.20. The van der Waals surface area contributed by atoms with Gasteiger partial charge in [-0.15, -0.1) is 0 Å². The third kappa shape index (κ3) is 15.9. The van der Waals surface area contributed by atoms with Crippen molar-refractivity contribution >= 4 is 14.7 Å². The Labute approximate surface area is 149 Å². The molecular formula is C18H40O4P2. The van der Waals surface area contributed by atoms with Crippen LogP contribution in [0.3, 0.4) is 0 Å². The molecule has 0 heterocycles. The highest BCUT2D eigenvalue weighted by Crippen LogP contribution is 2.49. The van der Waals surface area contributed by atoms with Crippen LogP contribution in [0.15, 0.2) is 0 Å². The first kappa shape index (κ1) is 24.4. The van der Waals surface area contributed by atoms with Gasteiger partial charge >= 0.3 is 0 Å². The zero-order valence-corrected chi connectivity index (χ0v) is 17.7. The lowest BCUT2D eigenvalue weighted by molar-refractivity contribution is 0.463. The summed E-state index contributed by atoms with van der Waals surface area (Å²) in [5.41, 5.74) is 0. The Kier molecular flexibility index (Phi) is 14.8. The molecule has 0 bridgehead atoms. The van der Waals surface area contributed by atoms with Gasteiger partial charge in [-0.05, 0) is 12.8 Å². The molecule has 24 heavy (non-hydrogen) atoms. The fourth-order valence-electron chi connectivity index (χ4n) is 2.81. The normalized spacial score (nSPS) is 16.7. The van der Waals surface area contributed by atoms with E-state index in [0.717, 1.165) is 38.5 Å². The van der Waals surface area contributed by atoms with Crippen molar-refractivity contribution in [3.8, 4) is 0 Å². The molecule has 0 saturated carbocycles. The second-order valence-electron chi connectivity index (χ2n) is 7.12.